The largest absolute Gasteiger partial charge is 0.494 e. The molecular weight excluding hydrogens is 290 g/mol. The molecule has 3 rings (SSSR count). The Labute approximate surface area is 125 Å². The number of nitrogens with zero attached hydrogens (tertiary/aromatic N) is 1. The number of rotatable bonds is 4. The van der Waals surface area contributed by atoms with Crippen molar-refractivity contribution in [1.29, 1.82) is 0 Å². The summed E-state index contributed by atoms with van der Waals surface area (Å²) < 4.78 is 6.40. The van der Waals surface area contributed by atoms with Crippen molar-refractivity contribution in [3.8, 4) is 5.75 Å². The molecule has 1 unspecified atom stereocenters. The summed E-state index contributed by atoms with van der Waals surface area (Å²) in [6.07, 6.45) is 0.241. The van der Waals surface area contributed by atoms with Gasteiger partial charge in [-0.15, -0.1) is 0 Å². The van der Waals surface area contributed by atoms with Gasteiger partial charge in [0.2, 0.25) is 11.8 Å². The van der Waals surface area contributed by atoms with Gasteiger partial charge >= 0.3 is 0 Å². The molecule has 1 aliphatic rings. The Morgan fingerprint density at radius 2 is 2.43 bits per heavy atom. The summed E-state index contributed by atoms with van der Waals surface area (Å²) in [5.74, 6) is 0.221. The zero-order valence-corrected chi connectivity index (χ0v) is 12.3. The molecule has 2 N–H and O–H groups in total. The monoisotopic (exact) mass is 305 g/mol. The molecule has 0 spiro atoms. The van der Waals surface area contributed by atoms with Gasteiger partial charge in [0.25, 0.3) is 0 Å². The Morgan fingerprint density at radius 1 is 1.57 bits per heavy atom. The molecule has 21 heavy (non-hydrogen) atoms. The van der Waals surface area contributed by atoms with Gasteiger partial charge in [0.15, 0.2) is 5.13 Å². The maximum Gasteiger partial charge on any atom is 0.231 e. The number of aromatic nitrogens is 1. The van der Waals surface area contributed by atoms with Gasteiger partial charge in [0.05, 0.1) is 22.7 Å². The van der Waals surface area contributed by atoms with Crippen molar-refractivity contribution in [1.82, 2.24) is 10.3 Å². The number of carbonyl (C=O) groups excluding carboxylic acids is 2. The van der Waals surface area contributed by atoms with Crippen LogP contribution in [0.25, 0.3) is 10.2 Å². The fourth-order valence-corrected chi connectivity index (χ4v) is 3.11. The molecule has 1 aliphatic heterocycles. The third-order valence-corrected chi connectivity index (χ3v) is 4.18. The standard InChI is InChI=1S/C14H15N3O3S/c1-2-20-9-3-4-10-11(6-9)21-14(16-10)17-13(19)8-5-12(18)15-7-8/h3-4,6,8H,2,5,7H2,1H3,(H,15,18)(H,16,17,19). The van der Waals surface area contributed by atoms with E-state index in [1.165, 1.54) is 11.3 Å². The van der Waals surface area contributed by atoms with Crippen molar-refractivity contribution in [2.24, 2.45) is 5.92 Å². The third-order valence-electron chi connectivity index (χ3n) is 3.25. The Bertz CT molecular complexity index is 698. The fourth-order valence-electron chi connectivity index (χ4n) is 2.21. The smallest absolute Gasteiger partial charge is 0.231 e. The van der Waals surface area contributed by atoms with Crippen LogP contribution in [0, 0.1) is 5.92 Å². The summed E-state index contributed by atoms with van der Waals surface area (Å²) in [5, 5.41) is 5.98. The normalized spacial score (nSPS) is 17.8. The minimum atomic E-state index is -0.316. The molecule has 0 radical (unpaired) electrons. The lowest BCUT2D eigenvalue weighted by Gasteiger charge is -2.05. The molecule has 1 saturated heterocycles. The van der Waals surface area contributed by atoms with Gasteiger partial charge in [-0.3, -0.25) is 9.59 Å². The maximum atomic E-state index is 12.0. The van der Waals surface area contributed by atoms with Crippen molar-refractivity contribution in [3.63, 3.8) is 0 Å². The lowest BCUT2D eigenvalue weighted by atomic mass is 10.1. The summed E-state index contributed by atoms with van der Waals surface area (Å²) in [5.41, 5.74) is 0.819. The summed E-state index contributed by atoms with van der Waals surface area (Å²) >= 11 is 1.40. The van der Waals surface area contributed by atoms with Crippen molar-refractivity contribution >= 4 is 38.5 Å². The van der Waals surface area contributed by atoms with E-state index in [4.69, 9.17) is 4.74 Å². The molecule has 1 aromatic carbocycles. The first-order valence-corrected chi connectivity index (χ1v) is 7.58. The van der Waals surface area contributed by atoms with E-state index in [-0.39, 0.29) is 24.2 Å². The number of fused-ring (bicyclic) bond motifs is 1. The van der Waals surface area contributed by atoms with Crippen LogP contribution in [-0.2, 0) is 9.59 Å². The summed E-state index contributed by atoms with van der Waals surface area (Å²) in [4.78, 5) is 27.5. The van der Waals surface area contributed by atoms with E-state index >= 15 is 0 Å². The Balaban J connectivity index is 1.75. The van der Waals surface area contributed by atoms with Gasteiger partial charge in [-0.25, -0.2) is 4.98 Å². The quantitative estimate of drug-likeness (QED) is 0.902. The number of ether oxygens (including phenoxy) is 1. The van der Waals surface area contributed by atoms with E-state index in [1.54, 1.807) is 0 Å². The number of hydrogen-bond donors (Lipinski definition) is 2. The van der Waals surface area contributed by atoms with Crippen molar-refractivity contribution < 1.29 is 14.3 Å². The molecule has 1 atom stereocenters. The number of benzene rings is 1. The van der Waals surface area contributed by atoms with Crippen LogP contribution in [0.5, 0.6) is 5.75 Å². The second-order valence-corrected chi connectivity index (χ2v) is 5.81. The minimum absolute atomic E-state index is 0.0826. The maximum absolute atomic E-state index is 12.0. The Hall–Kier alpha value is -2.15. The predicted octanol–water partition coefficient (Wildman–Crippen LogP) is 1.77. The van der Waals surface area contributed by atoms with Crippen molar-refractivity contribution in [2.75, 3.05) is 18.5 Å². The van der Waals surface area contributed by atoms with Crippen LogP contribution in [0.1, 0.15) is 13.3 Å². The molecule has 2 aromatic rings. The molecule has 1 aromatic heterocycles. The first-order valence-electron chi connectivity index (χ1n) is 6.76. The van der Waals surface area contributed by atoms with Gasteiger partial charge < -0.3 is 15.4 Å². The average Bonchev–Trinajstić information content (AvgIpc) is 3.04. The van der Waals surface area contributed by atoms with Gasteiger partial charge in [0, 0.05) is 13.0 Å². The second-order valence-electron chi connectivity index (χ2n) is 4.78. The number of amides is 2. The zero-order valence-electron chi connectivity index (χ0n) is 11.5. The SMILES string of the molecule is CCOc1ccc2nc(NC(=O)C3CNC(=O)C3)sc2c1. The van der Waals surface area contributed by atoms with Crippen LogP contribution in [0.3, 0.4) is 0 Å². The van der Waals surface area contributed by atoms with E-state index in [0.717, 1.165) is 16.0 Å². The molecule has 7 heteroatoms. The lowest BCUT2D eigenvalue weighted by Crippen LogP contribution is -2.24. The first-order chi connectivity index (χ1) is 10.2. The number of anilines is 1. The molecule has 0 bridgehead atoms. The van der Waals surface area contributed by atoms with Crippen molar-refractivity contribution in [3.05, 3.63) is 18.2 Å². The molecule has 1 fully saturated rings. The first kappa shape index (κ1) is 13.8. The molecule has 2 heterocycles. The van der Waals surface area contributed by atoms with E-state index in [9.17, 15) is 9.59 Å². The Morgan fingerprint density at radius 3 is 3.14 bits per heavy atom. The number of nitrogens with one attached hydrogen (secondary N) is 2. The minimum Gasteiger partial charge on any atom is -0.494 e. The molecule has 110 valence electrons. The second kappa shape index (κ2) is 5.69. The topological polar surface area (TPSA) is 80.3 Å². The molecular formula is C14H15N3O3S. The molecule has 0 aliphatic carbocycles. The highest BCUT2D eigenvalue weighted by atomic mass is 32.1. The van der Waals surface area contributed by atoms with Crippen LogP contribution in [0.15, 0.2) is 18.2 Å². The average molecular weight is 305 g/mol. The zero-order chi connectivity index (χ0) is 14.8. The van der Waals surface area contributed by atoms with Crippen LogP contribution < -0.4 is 15.4 Å². The third kappa shape index (κ3) is 2.97. The van der Waals surface area contributed by atoms with E-state index < -0.39 is 0 Å². The van der Waals surface area contributed by atoms with E-state index in [2.05, 4.69) is 15.6 Å². The van der Waals surface area contributed by atoms with Crippen LogP contribution in [0.4, 0.5) is 5.13 Å². The summed E-state index contributed by atoms with van der Waals surface area (Å²) in [6, 6.07) is 5.64. The van der Waals surface area contributed by atoms with Crippen LogP contribution >= 0.6 is 11.3 Å². The highest BCUT2D eigenvalue weighted by Gasteiger charge is 2.28. The van der Waals surface area contributed by atoms with Crippen molar-refractivity contribution in [2.45, 2.75) is 13.3 Å². The van der Waals surface area contributed by atoms with Gasteiger partial charge in [-0.1, -0.05) is 11.3 Å². The van der Waals surface area contributed by atoms with Gasteiger partial charge in [-0.2, -0.15) is 0 Å². The van der Waals surface area contributed by atoms with E-state index in [1.807, 2.05) is 25.1 Å². The van der Waals surface area contributed by atoms with Gasteiger partial charge in [0.1, 0.15) is 5.75 Å². The lowest BCUT2D eigenvalue weighted by molar-refractivity contribution is -0.123. The highest BCUT2D eigenvalue weighted by Crippen LogP contribution is 2.29. The fraction of sp³-hybridized carbons (Fsp3) is 0.357. The summed E-state index contributed by atoms with van der Waals surface area (Å²) in [7, 11) is 0. The number of hydrogen-bond acceptors (Lipinski definition) is 5. The van der Waals surface area contributed by atoms with Crippen LogP contribution in [-0.4, -0.2) is 29.9 Å². The molecule has 6 nitrogen and oxygen atoms in total. The van der Waals surface area contributed by atoms with E-state index in [0.29, 0.717) is 18.3 Å². The molecule has 2 amide bonds. The number of carbonyl (C=O) groups is 2. The van der Waals surface area contributed by atoms with Crippen LogP contribution in [0.2, 0.25) is 0 Å². The summed E-state index contributed by atoms with van der Waals surface area (Å²) in [6.45, 7) is 2.93. The Kier molecular flexibility index (Phi) is 3.74. The molecule has 0 saturated carbocycles. The van der Waals surface area contributed by atoms with Gasteiger partial charge in [-0.05, 0) is 25.1 Å². The highest BCUT2D eigenvalue weighted by molar-refractivity contribution is 7.22. The predicted molar refractivity (Wildman–Crippen MR) is 80.5 cm³/mol. The number of thiazole rings is 1.